The molecule has 0 fully saturated rings. The number of hydrogen-bond acceptors (Lipinski definition) is 4. The molecule has 0 unspecified atom stereocenters. The molecule has 6 nitrogen and oxygen atoms in total. The highest BCUT2D eigenvalue weighted by Crippen LogP contribution is 2.36. The van der Waals surface area contributed by atoms with Gasteiger partial charge in [-0.2, -0.15) is 0 Å². The number of nitrogens with zero attached hydrogens (tertiary/aromatic N) is 4. The van der Waals surface area contributed by atoms with E-state index >= 15 is 0 Å². The number of nitrogens with two attached hydrogens (primary N) is 1. The third-order valence-corrected chi connectivity index (χ3v) is 6.64. The Morgan fingerprint density at radius 1 is 1.00 bits per heavy atom. The van der Waals surface area contributed by atoms with Crippen molar-refractivity contribution in [3.05, 3.63) is 117 Å². The number of pyridine rings is 2. The number of aromatic nitrogens is 4. The molecule has 0 amide bonds. The highest BCUT2D eigenvalue weighted by Gasteiger charge is 2.36. The maximum Gasteiger partial charge on any atom is 0.251 e. The number of benzene rings is 2. The first-order valence-electron chi connectivity index (χ1n) is 10.9. The van der Waals surface area contributed by atoms with Crippen LogP contribution in [0.3, 0.4) is 0 Å². The summed E-state index contributed by atoms with van der Waals surface area (Å²) in [5, 5.41) is 1.52. The fraction of sp³-hybridized carbons (Fsp3) is 0.148. The predicted molar refractivity (Wildman–Crippen MR) is 136 cm³/mol. The van der Waals surface area contributed by atoms with Crippen LogP contribution in [-0.2, 0) is 19.6 Å². The monoisotopic (exact) mass is 469 g/mol. The Morgan fingerprint density at radius 3 is 2.44 bits per heavy atom. The van der Waals surface area contributed by atoms with Crippen LogP contribution >= 0.6 is 11.6 Å². The minimum Gasteiger partial charge on any atom is -0.335 e. The first-order valence-corrected chi connectivity index (χ1v) is 11.3. The Balaban J connectivity index is 1.84. The molecule has 3 heterocycles. The van der Waals surface area contributed by atoms with Crippen molar-refractivity contribution in [2.75, 3.05) is 0 Å². The number of rotatable bonds is 4. The van der Waals surface area contributed by atoms with Crippen molar-refractivity contribution in [2.45, 2.75) is 12.5 Å². The Morgan fingerprint density at radius 2 is 1.76 bits per heavy atom. The molecule has 1 atom stereocenters. The van der Waals surface area contributed by atoms with E-state index in [1.807, 2.05) is 67.1 Å². The lowest BCUT2D eigenvalue weighted by Crippen LogP contribution is -2.41. The molecule has 0 aliphatic rings. The molecule has 0 spiro atoms. The highest BCUT2D eigenvalue weighted by molar-refractivity contribution is 6.30. The van der Waals surface area contributed by atoms with Gasteiger partial charge < -0.3 is 14.9 Å². The van der Waals surface area contributed by atoms with Crippen LogP contribution in [0.5, 0.6) is 0 Å². The quantitative estimate of drug-likeness (QED) is 0.419. The van der Waals surface area contributed by atoms with E-state index in [4.69, 9.17) is 22.3 Å². The first kappa shape index (κ1) is 22.1. The molecule has 5 rings (SSSR count). The Hall–Kier alpha value is -3.74. The summed E-state index contributed by atoms with van der Waals surface area (Å²) in [4.78, 5) is 21.8. The van der Waals surface area contributed by atoms with E-state index in [-0.39, 0.29) is 5.56 Å². The molecule has 170 valence electrons. The molecule has 0 aliphatic heterocycles. The number of aryl methyl sites for hydroxylation is 3. The largest absolute Gasteiger partial charge is 0.335 e. The van der Waals surface area contributed by atoms with Crippen LogP contribution in [0.2, 0.25) is 5.02 Å². The van der Waals surface area contributed by atoms with Gasteiger partial charge in [-0.25, -0.2) is 4.98 Å². The van der Waals surface area contributed by atoms with Gasteiger partial charge in [0.05, 0.1) is 35.6 Å². The number of imidazole rings is 1. The fourth-order valence-electron chi connectivity index (χ4n) is 4.49. The van der Waals surface area contributed by atoms with Gasteiger partial charge in [-0.3, -0.25) is 9.78 Å². The Bertz CT molecular complexity index is 1590. The van der Waals surface area contributed by atoms with Gasteiger partial charge in [0.1, 0.15) is 5.54 Å². The van der Waals surface area contributed by atoms with Crippen LogP contribution in [0.25, 0.3) is 22.0 Å². The van der Waals surface area contributed by atoms with Crippen molar-refractivity contribution >= 4 is 22.5 Å². The molecule has 0 saturated heterocycles. The van der Waals surface area contributed by atoms with Gasteiger partial charge in [0.15, 0.2) is 0 Å². The second kappa shape index (κ2) is 8.24. The van der Waals surface area contributed by atoms with E-state index in [1.165, 1.54) is 0 Å². The topological polar surface area (TPSA) is 78.7 Å². The third kappa shape index (κ3) is 3.52. The number of halogens is 1. The fourth-order valence-corrected chi connectivity index (χ4v) is 4.62. The zero-order valence-corrected chi connectivity index (χ0v) is 19.9. The smallest absolute Gasteiger partial charge is 0.251 e. The molecule has 3 aromatic heterocycles. The van der Waals surface area contributed by atoms with Crippen LogP contribution in [0.15, 0.2) is 84.2 Å². The van der Waals surface area contributed by atoms with E-state index in [1.54, 1.807) is 36.4 Å². The zero-order valence-electron chi connectivity index (χ0n) is 19.2. The molecule has 2 aromatic carbocycles. The normalized spacial score (nSPS) is 13.2. The molecule has 0 radical (unpaired) electrons. The lowest BCUT2D eigenvalue weighted by atomic mass is 9.83. The van der Waals surface area contributed by atoms with Crippen molar-refractivity contribution in [1.82, 2.24) is 19.1 Å². The maximum atomic E-state index is 12.8. The van der Waals surface area contributed by atoms with Crippen LogP contribution in [-0.4, -0.2) is 19.1 Å². The molecular weight excluding hydrogens is 446 g/mol. The summed E-state index contributed by atoms with van der Waals surface area (Å²) in [5.41, 5.74) is 11.9. The van der Waals surface area contributed by atoms with Crippen LogP contribution < -0.4 is 11.3 Å². The van der Waals surface area contributed by atoms with Gasteiger partial charge in [-0.1, -0.05) is 53.6 Å². The minimum absolute atomic E-state index is 0.0955. The van der Waals surface area contributed by atoms with Gasteiger partial charge >= 0.3 is 0 Å². The lowest BCUT2D eigenvalue weighted by molar-refractivity contribution is 0.579. The van der Waals surface area contributed by atoms with Gasteiger partial charge in [-0.15, -0.1) is 0 Å². The second-order valence-corrected chi connectivity index (χ2v) is 9.05. The number of fused-ring (bicyclic) bond motifs is 1. The number of hydrogen-bond donors (Lipinski definition) is 1. The molecule has 0 saturated carbocycles. The average molecular weight is 470 g/mol. The summed E-state index contributed by atoms with van der Waals surface area (Å²) < 4.78 is 3.50. The average Bonchev–Trinajstić information content (AvgIpc) is 3.27. The Kier molecular flexibility index (Phi) is 5.35. The SMILES string of the molecule is Cc1cccc(-c2cc(=O)n(C)c3cnc([C@](N)(c4ccc(Cl)cc4)c4cncn4C)cc23)c1. The van der Waals surface area contributed by atoms with E-state index in [9.17, 15) is 4.79 Å². The van der Waals surface area contributed by atoms with Gasteiger partial charge in [0.25, 0.3) is 5.56 Å². The minimum atomic E-state index is -1.09. The van der Waals surface area contributed by atoms with Gasteiger partial charge in [-0.05, 0) is 41.8 Å². The van der Waals surface area contributed by atoms with Crippen LogP contribution in [0, 0.1) is 6.92 Å². The van der Waals surface area contributed by atoms with Crippen molar-refractivity contribution in [2.24, 2.45) is 19.8 Å². The van der Waals surface area contributed by atoms with Crippen LogP contribution in [0.4, 0.5) is 0 Å². The summed E-state index contributed by atoms with van der Waals surface area (Å²) in [5.74, 6) is 0. The molecular formula is C27H24ClN5O. The molecule has 7 heteroatoms. The van der Waals surface area contributed by atoms with Crippen molar-refractivity contribution in [1.29, 1.82) is 0 Å². The first-order chi connectivity index (χ1) is 16.3. The van der Waals surface area contributed by atoms with Crippen LogP contribution in [0.1, 0.15) is 22.5 Å². The molecule has 34 heavy (non-hydrogen) atoms. The van der Waals surface area contributed by atoms with Crippen molar-refractivity contribution in [3.8, 4) is 11.1 Å². The summed E-state index contributed by atoms with van der Waals surface area (Å²) in [6.45, 7) is 2.04. The van der Waals surface area contributed by atoms with Crippen molar-refractivity contribution in [3.63, 3.8) is 0 Å². The van der Waals surface area contributed by atoms with E-state index in [0.29, 0.717) is 10.7 Å². The van der Waals surface area contributed by atoms with Gasteiger partial charge in [0, 0.05) is 30.6 Å². The summed E-state index contributed by atoms with van der Waals surface area (Å²) >= 11 is 6.17. The van der Waals surface area contributed by atoms with E-state index < -0.39 is 5.54 Å². The van der Waals surface area contributed by atoms with Crippen molar-refractivity contribution < 1.29 is 0 Å². The summed E-state index contributed by atoms with van der Waals surface area (Å²) in [6.07, 6.45) is 5.19. The molecule has 0 aliphatic carbocycles. The predicted octanol–water partition coefficient (Wildman–Crippen LogP) is 4.55. The highest BCUT2D eigenvalue weighted by atomic mass is 35.5. The molecule has 2 N–H and O–H groups in total. The van der Waals surface area contributed by atoms with Gasteiger partial charge in [0.2, 0.25) is 0 Å². The maximum absolute atomic E-state index is 12.8. The Labute approximate surface area is 202 Å². The lowest BCUT2D eigenvalue weighted by Gasteiger charge is -2.30. The van der Waals surface area contributed by atoms with E-state index in [2.05, 4.69) is 11.1 Å². The molecule has 5 aromatic rings. The summed E-state index contributed by atoms with van der Waals surface area (Å²) in [7, 11) is 3.66. The second-order valence-electron chi connectivity index (χ2n) is 8.62. The molecule has 0 bridgehead atoms. The standard InChI is InChI=1S/C27H24ClN5O/c1-17-5-4-6-18(11-17)21-13-26(34)33(3)23-14-31-24(12-22(21)23)27(29,25-15-30-16-32(25)2)19-7-9-20(28)10-8-19/h4-16H,29H2,1-3H3/t27-/m1/s1. The third-order valence-electron chi connectivity index (χ3n) is 6.39. The zero-order chi connectivity index (χ0) is 24.0. The summed E-state index contributed by atoms with van der Waals surface area (Å²) in [6, 6.07) is 19.2. The van der Waals surface area contributed by atoms with E-state index in [0.717, 1.165) is 38.9 Å².